The number of nitrogens with zero attached hydrogens (tertiary/aromatic N) is 3. The van der Waals surface area contributed by atoms with Crippen LogP contribution in [0.15, 0.2) is 30.6 Å². The van der Waals surface area contributed by atoms with Gasteiger partial charge in [0.1, 0.15) is 0 Å². The van der Waals surface area contributed by atoms with E-state index in [2.05, 4.69) is 10.3 Å². The van der Waals surface area contributed by atoms with E-state index in [9.17, 15) is 0 Å². The number of hydrogen-bond donors (Lipinski definition) is 0. The predicted molar refractivity (Wildman–Crippen MR) is 51.1 cm³/mol. The third-order valence-electron chi connectivity index (χ3n) is 1.83. The molecule has 1 aromatic heterocycles. The number of benzene rings is 1. The highest BCUT2D eigenvalue weighted by atomic mass is 35.5. The first-order valence-corrected chi connectivity index (χ1v) is 4.28. The van der Waals surface area contributed by atoms with E-state index in [-0.39, 0.29) is 0 Å². The van der Waals surface area contributed by atoms with Crippen LogP contribution in [0.2, 0.25) is 5.02 Å². The van der Waals surface area contributed by atoms with Gasteiger partial charge in [-0.3, -0.25) is 0 Å². The van der Waals surface area contributed by atoms with Gasteiger partial charge in [0.2, 0.25) is 0 Å². The molecule has 0 saturated heterocycles. The van der Waals surface area contributed by atoms with Crippen LogP contribution < -0.4 is 0 Å². The first kappa shape index (κ1) is 8.26. The highest BCUT2D eigenvalue weighted by Crippen LogP contribution is 2.17. The Kier molecular flexibility index (Phi) is 2.02. The van der Waals surface area contributed by atoms with Gasteiger partial charge < -0.3 is 0 Å². The summed E-state index contributed by atoms with van der Waals surface area (Å²) in [7, 11) is 0. The van der Waals surface area contributed by atoms with Gasteiger partial charge in [-0.25, -0.2) is 4.68 Å². The molecule has 1 aromatic carbocycles. The molecule has 13 heavy (non-hydrogen) atoms. The summed E-state index contributed by atoms with van der Waals surface area (Å²) in [5, 5.41) is 8.38. The molecular formula is C9H8ClN3. The molecule has 0 fully saturated rings. The fourth-order valence-electron chi connectivity index (χ4n) is 1.21. The lowest BCUT2D eigenvalue weighted by molar-refractivity contribution is 0.798. The third-order valence-corrected chi connectivity index (χ3v) is 2.06. The summed E-state index contributed by atoms with van der Waals surface area (Å²) in [5.41, 5.74) is 2.08. The van der Waals surface area contributed by atoms with Crippen LogP contribution in [0, 0.1) is 6.92 Å². The smallest absolute Gasteiger partial charge is 0.0697 e. The van der Waals surface area contributed by atoms with Crippen molar-refractivity contribution in [2.45, 2.75) is 6.92 Å². The monoisotopic (exact) mass is 193 g/mol. The van der Waals surface area contributed by atoms with Gasteiger partial charge in [0.15, 0.2) is 0 Å². The summed E-state index contributed by atoms with van der Waals surface area (Å²) >= 11 is 5.83. The number of aromatic nitrogens is 3. The van der Waals surface area contributed by atoms with Crippen molar-refractivity contribution in [3.63, 3.8) is 0 Å². The number of hydrogen-bond acceptors (Lipinski definition) is 2. The lowest BCUT2D eigenvalue weighted by atomic mass is 10.2. The fraction of sp³-hybridized carbons (Fsp3) is 0.111. The second-order valence-electron chi connectivity index (χ2n) is 2.78. The van der Waals surface area contributed by atoms with Crippen LogP contribution in [-0.4, -0.2) is 15.0 Å². The van der Waals surface area contributed by atoms with Gasteiger partial charge in [-0.1, -0.05) is 16.8 Å². The number of aryl methyl sites for hydroxylation is 1. The zero-order chi connectivity index (χ0) is 9.26. The van der Waals surface area contributed by atoms with Gasteiger partial charge in [0, 0.05) is 5.02 Å². The van der Waals surface area contributed by atoms with Crippen LogP contribution in [0.25, 0.3) is 5.69 Å². The Bertz CT molecular complexity index is 409. The van der Waals surface area contributed by atoms with E-state index in [1.807, 2.05) is 25.1 Å². The first-order chi connectivity index (χ1) is 6.27. The van der Waals surface area contributed by atoms with E-state index in [0.29, 0.717) is 0 Å². The molecule has 0 amide bonds. The Balaban J connectivity index is 2.53. The van der Waals surface area contributed by atoms with E-state index in [4.69, 9.17) is 11.6 Å². The lowest BCUT2D eigenvalue weighted by Gasteiger charge is -2.04. The average Bonchev–Trinajstić information content (AvgIpc) is 2.56. The maximum atomic E-state index is 5.83. The zero-order valence-corrected chi connectivity index (χ0v) is 7.86. The van der Waals surface area contributed by atoms with Crippen LogP contribution in [0.1, 0.15) is 5.56 Å². The standard InChI is InChI=1S/C9H8ClN3/c1-7-6-8(10)2-3-9(7)13-5-4-11-12-13/h2-6H,1H3. The molecular weight excluding hydrogens is 186 g/mol. The first-order valence-electron chi connectivity index (χ1n) is 3.90. The molecule has 0 atom stereocenters. The van der Waals surface area contributed by atoms with Crippen molar-refractivity contribution in [3.8, 4) is 5.69 Å². The van der Waals surface area contributed by atoms with Crippen molar-refractivity contribution >= 4 is 11.6 Å². The summed E-state index contributed by atoms with van der Waals surface area (Å²) in [6, 6.07) is 5.66. The second kappa shape index (κ2) is 3.18. The van der Waals surface area contributed by atoms with Crippen molar-refractivity contribution < 1.29 is 0 Å². The lowest BCUT2D eigenvalue weighted by Crippen LogP contribution is -1.97. The molecule has 0 spiro atoms. The Morgan fingerprint density at radius 3 is 2.85 bits per heavy atom. The summed E-state index contributed by atoms with van der Waals surface area (Å²) in [4.78, 5) is 0. The van der Waals surface area contributed by atoms with E-state index in [1.54, 1.807) is 17.1 Å². The summed E-state index contributed by atoms with van der Waals surface area (Å²) in [5.74, 6) is 0. The minimum absolute atomic E-state index is 0.737. The Morgan fingerprint density at radius 2 is 2.23 bits per heavy atom. The quantitative estimate of drug-likeness (QED) is 0.696. The normalized spacial score (nSPS) is 10.3. The molecule has 2 rings (SSSR count). The van der Waals surface area contributed by atoms with Gasteiger partial charge in [-0.05, 0) is 30.7 Å². The SMILES string of the molecule is Cc1cc(Cl)ccc1-n1ccnn1. The molecule has 0 saturated carbocycles. The number of halogens is 1. The Labute approximate surface area is 81.0 Å². The van der Waals surface area contributed by atoms with Crippen LogP contribution in [0.4, 0.5) is 0 Å². The third kappa shape index (κ3) is 1.55. The van der Waals surface area contributed by atoms with E-state index in [0.717, 1.165) is 16.3 Å². The molecule has 3 nitrogen and oxygen atoms in total. The van der Waals surface area contributed by atoms with Crippen LogP contribution in [0.3, 0.4) is 0 Å². The molecule has 66 valence electrons. The highest BCUT2D eigenvalue weighted by molar-refractivity contribution is 6.30. The van der Waals surface area contributed by atoms with Gasteiger partial charge >= 0.3 is 0 Å². The summed E-state index contributed by atoms with van der Waals surface area (Å²) in [6.45, 7) is 1.99. The predicted octanol–water partition coefficient (Wildman–Crippen LogP) is 2.23. The average molecular weight is 194 g/mol. The van der Waals surface area contributed by atoms with Crippen LogP contribution >= 0.6 is 11.6 Å². The zero-order valence-electron chi connectivity index (χ0n) is 7.11. The topological polar surface area (TPSA) is 30.7 Å². The van der Waals surface area contributed by atoms with Gasteiger partial charge in [0.05, 0.1) is 18.1 Å². The van der Waals surface area contributed by atoms with Crippen molar-refractivity contribution in [3.05, 3.63) is 41.2 Å². The van der Waals surface area contributed by atoms with Crippen molar-refractivity contribution in [1.29, 1.82) is 0 Å². The summed E-state index contributed by atoms with van der Waals surface area (Å²) in [6.07, 6.45) is 3.45. The van der Waals surface area contributed by atoms with Crippen LogP contribution in [0.5, 0.6) is 0 Å². The van der Waals surface area contributed by atoms with E-state index >= 15 is 0 Å². The second-order valence-corrected chi connectivity index (χ2v) is 3.21. The Hall–Kier alpha value is -1.35. The van der Waals surface area contributed by atoms with Crippen molar-refractivity contribution in [2.24, 2.45) is 0 Å². The molecule has 4 heteroatoms. The van der Waals surface area contributed by atoms with Gasteiger partial charge in [-0.15, -0.1) is 5.10 Å². The molecule has 0 aliphatic carbocycles. The number of rotatable bonds is 1. The maximum absolute atomic E-state index is 5.83. The van der Waals surface area contributed by atoms with Gasteiger partial charge in [-0.2, -0.15) is 0 Å². The van der Waals surface area contributed by atoms with Crippen molar-refractivity contribution in [2.75, 3.05) is 0 Å². The molecule has 2 aromatic rings. The maximum Gasteiger partial charge on any atom is 0.0697 e. The molecule has 0 N–H and O–H groups in total. The molecule has 0 aliphatic heterocycles. The van der Waals surface area contributed by atoms with Crippen LogP contribution in [-0.2, 0) is 0 Å². The molecule has 0 radical (unpaired) electrons. The largest absolute Gasteiger partial charge is 0.221 e. The molecule has 0 aliphatic rings. The minimum Gasteiger partial charge on any atom is -0.221 e. The minimum atomic E-state index is 0.737. The van der Waals surface area contributed by atoms with E-state index in [1.165, 1.54) is 0 Å². The van der Waals surface area contributed by atoms with Crippen molar-refractivity contribution in [1.82, 2.24) is 15.0 Å². The molecule has 0 bridgehead atoms. The summed E-state index contributed by atoms with van der Waals surface area (Å²) < 4.78 is 1.71. The fourth-order valence-corrected chi connectivity index (χ4v) is 1.44. The van der Waals surface area contributed by atoms with E-state index < -0.39 is 0 Å². The highest BCUT2D eigenvalue weighted by Gasteiger charge is 2.01. The Morgan fingerprint density at radius 1 is 1.38 bits per heavy atom. The molecule has 0 unspecified atom stereocenters. The molecule has 1 heterocycles. The van der Waals surface area contributed by atoms with Gasteiger partial charge in [0.25, 0.3) is 0 Å².